The van der Waals surface area contributed by atoms with E-state index in [1.807, 2.05) is 63.5 Å². The Bertz CT molecular complexity index is 1600. The predicted octanol–water partition coefficient (Wildman–Crippen LogP) is 7.88. The molecular formula is C33H37N7. The molecule has 0 atom stereocenters. The number of hydrogen-bond donors (Lipinski definition) is 2. The zero-order chi connectivity index (χ0) is 27.9. The molecule has 0 saturated heterocycles. The van der Waals surface area contributed by atoms with Gasteiger partial charge >= 0.3 is 0 Å². The van der Waals surface area contributed by atoms with Crippen LogP contribution in [0.1, 0.15) is 68.5 Å². The highest BCUT2D eigenvalue weighted by Gasteiger charge is 2.19. The van der Waals surface area contributed by atoms with Crippen LogP contribution < -0.4 is 0 Å². The summed E-state index contributed by atoms with van der Waals surface area (Å²) in [4.78, 5) is 22.1. The van der Waals surface area contributed by atoms with Gasteiger partial charge in [-0.15, -0.1) is 0 Å². The van der Waals surface area contributed by atoms with E-state index in [1.165, 1.54) is 37.7 Å². The molecule has 0 radical (unpaired) electrons. The number of nitrogens with zero attached hydrogens (tertiary/aromatic N) is 5. The monoisotopic (exact) mass is 531 g/mol. The Morgan fingerprint density at radius 1 is 1.00 bits per heavy atom. The van der Waals surface area contributed by atoms with Crippen LogP contribution in [0.3, 0.4) is 0 Å². The summed E-state index contributed by atoms with van der Waals surface area (Å²) in [7, 11) is 0. The number of pyridine rings is 3. The van der Waals surface area contributed by atoms with Crippen molar-refractivity contribution in [2.75, 3.05) is 0 Å². The molecule has 6 rings (SSSR count). The number of imidazole rings is 1. The average Bonchev–Trinajstić information content (AvgIpc) is 3.61. The maximum absolute atomic E-state index is 5.02. The van der Waals surface area contributed by atoms with Crippen molar-refractivity contribution in [3.05, 3.63) is 96.4 Å². The van der Waals surface area contributed by atoms with Crippen molar-refractivity contribution in [1.82, 2.24) is 35.1 Å². The Morgan fingerprint density at radius 2 is 1.80 bits per heavy atom. The lowest BCUT2D eigenvalue weighted by Crippen LogP contribution is -2.09. The Morgan fingerprint density at radius 3 is 2.58 bits per heavy atom. The van der Waals surface area contributed by atoms with Gasteiger partial charge in [-0.1, -0.05) is 64.7 Å². The molecule has 1 aliphatic carbocycles. The van der Waals surface area contributed by atoms with Crippen LogP contribution in [0.15, 0.2) is 73.9 Å². The summed E-state index contributed by atoms with van der Waals surface area (Å²) in [5.41, 5.74) is 9.30. The van der Waals surface area contributed by atoms with Gasteiger partial charge in [0.15, 0.2) is 11.5 Å². The van der Waals surface area contributed by atoms with Crippen LogP contribution in [0, 0.1) is 12.8 Å². The van der Waals surface area contributed by atoms with E-state index in [9.17, 15) is 0 Å². The molecular weight excluding hydrogens is 494 g/mol. The lowest BCUT2D eigenvalue weighted by Gasteiger charge is -2.21. The topological polar surface area (TPSA) is 96.0 Å². The molecule has 0 unspecified atom stereocenters. The summed E-state index contributed by atoms with van der Waals surface area (Å²) < 4.78 is 0. The average molecular weight is 532 g/mol. The standard InChI is InChI=1S/C31H31N7.C2H6/c1-3-7-25(23-12-14-32-15-13-23)28-20(2)34-31(36-28)30-29-27(37-38-30)11-10-26(35-29)24-17-22(18-33-19-24)16-21-8-5-4-6-9-21;1-2/h3,7,10-15,17-19,21H,1,4-6,8-9,16H2,2H3,(H,34,36)(H,37,38);1-2H3/b25-7-;. The van der Waals surface area contributed by atoms with Crippen LogP contribution in [0.25, 0.3) is 39.4 Å². The fourth-order valence-corrected chi connectivity index (χ4v) is 5.48. The summed E-state index contributed by atoms with van der Waals surface area (Å²) in [6, 6.07) is 10.2. The zero-order valence-electron chi connectivity index (χ0n) is 23.6. The molecule has 1 saturated carbocycles. The minimum Gasteiger partial charge on any atom is -0.340 e. The fraction of sp³-hybridized carbons (Fsp3) is 0.303. The van der Waals surface area contributed by atoms with Crippen LogP contribution in [0.2, 0.25) is 0 Å². The van der Waals surface area contributed by atoms with Crippen molar-refractivity contribution in [3.63, 3.8) is 0 Å². The van der Waals surface area contributed by atoms with E-state index in [2.05, 4.69) is 37.8 Å². The van der Waals surface area contributed by atoms with Crippen LogP contribution in [0.4, 0.5) is 0 Å². The van der Waals surface area contributed by atoms with Crippen LogP contribution in [-0.4, -0.2) is 35.1 Å². The van der Waals surface area contributed by atoms with Crippen LogP contribution >= 0.6 is 0 Å². The molecule has 5 aromatic heterocycles. The highest BCUT2D eigenvalue weighted by molar-refractivity contribution is 5.90. The summed E-state index contributed by atoms with van der Waals surface area (Å²) in [6.45, 7) is 9.91. The van der Waals surface area contributed by atoms with Crippen molar-refractivity contribution in [1.29, 1.82) is 0 Å². The normalized spacial score (nSPS) is 14.1. The van der Waals surface area contributed by atoms with Gasteiger partial charge in [-0.3, -0.25) is 15.1 Å². The first-order valence-corrected chi connectivity index (χ1v) is 14.3. The third-order valence-corrected chi connectivity index (χ3v) is 7.39. The number of fused-ring (bicyclic) bond motifs is 1. The van der Waals surface area contributed by atoms with E-state index in [-0.39, 0.29) is 0 Å². The van der Waals surface area contributed by atoms with Crippen molar-refractivity contribution in [2.45, 2.75) is 59.3 Å². The first-order valence-electron chi connectivity index (χ1n) is 14.3. The van der Waals surface area contributed by atoms with Crippen molar-refractivity contribution < 1.29 is 0 Å². The minimum atomic E-state index is 0.668. The number of aromatic nitrogens is 7. The molecule has 2 N–H and O–H groups in total. The summed E-state index contributed by atoms with van der Waals surface area (Å²) in [5, 5.41) is 7.70. The lowest BCUT2D eigenvalue weighted by molar-refractivity contribution is 0.356. The number of aryl methyl sites for hydroxylation is 1. The first kappa shape index (κ1) is 27.2. The molecule has 0 aromatic carbocycles. The number of aromatic amines is 2. The highest BCUT2D eigenvalue weighted by atomic mass is 15.2. The number of nitrogens with one attached hydrogen (secondary N) is 2. The van der Waals surface area contributed by atoms with E-state index >= 15 is 0 Å². The van der Waals surface area contributed by atoms with Gasteiger partial charge in [-0.2, -0.15) is 5.10 Å². The van der Waals surface area contributed by atoms with Crippen molar-refractivity contribution in [3.8, 4) is 22.8 Å². The van der Waals surface area contributed by atoms with Gasteiger partial charge in [-0.05, 0) is 60.7 Å². The summed E-state index contributed by atoms with van der Waals surface area (Å²) in [5.74, 6) is 1.43. The Kier molecular flexibility index (Phi) is 8.59. The molecule has 0 aliphatic heterocycles. The smallest absolute Gasteiger partial charge is 0.161 e. The first-order chi connectivity index (χ1) is 19.7. The maximum Gasteiger partial charge on any atom is 0.161 e. The third-order valence-electron chi connectivity index (χ3n) is 7.39. The zero-order valence-corrected chi connectivity index (χ0v) is 23.6. The lowest BCUT2D eigenvalue weighted by atomic mass is 9.85. The Labute approximate surface area is 235 Å². The molecule has 7 heteroatoms. The summed E-state index contributed by atoms with van der Waals surface area (Å²) in [6.07, 6.45) is 19.0. The highest BCUT2D eigenvalue weighted by Crippen LogP contribution is 2.31. The molecule has 40 heavy (non-hydrogen) atoms. The minimum absolute atomic E-state index is 0.668. The molecule has 1 aliphatic rings. The van der Waals surface area contributed by atoms with E-state index < -0.39 is 0 Å². The number of hydrogen-bond acceptors (Lipinski definition) is 5. The van der Waals surface area contributed by atoms with Crippen LogP contribution in [-0.2, 0) is 6.42 Å². The Hall–Kier alpha value is -4.39. The fourth-order valence-electron chi connectivity index (χ4n) is 5.48. The number of allylic oxidation sites excluding steroid dienone is 2. The Balaban J connectivity index is 0.00000158. The molecule has 1 fully saturated rings. The third kappa shape index (κ3) is 5.78. The SMILES string of the molecule is C=C/C=C(/c1ccncc1)c1nc(-c2n[nH]c3ccc(-c4cncc(CC5CCCCC5)c4)nc23)[nH]c1C.CC. The van der Waals surface area contributed by atoms with E-state index in [1.54, 1.807) is 18.5 Å². The van der Waals surface area contributed by atoms with Gasteiger partial charge in [0.05, 0.1) is 16.9 Å². The maximum atomic E-state index is 5.02. The van der Waals surface area contributed by atoms with Gasteiger partial charge in [0.1, 0.15) is 5.52 Å². The number of rotatable bonds is 7. The van der Waals surface area contributed by atoms with Crippen molar-refractivity contribution in [2.24, 2.45) is 5.92 Å². The second-order valence-electron chi connectivity index (χ2n) is 10.1. The second kappa shape index (κ2) is 12.6. The van der Waals surface area contributed by atoms with E-state index in [0.717, 1.165) is 57.2 Å². The van der Waals surface area contributed by atoms with Crippen molar-refractivity contribution >= 4 is 16.6 Å². The van der Waals surface area contributed by atoms with Gasteiger partial charge in [0.2, 0.25) is 0 Å². The molecule has 0 spiro atoms. The number of H-pyrrole nitrogens is 2. The van der Waals surface area contributed by atoms with Gasteiger partial charge < -0.3 is 4.98 Å². The molecule has 0 bridgehead atoms. The molecule has 7 nitrogen and oxygen atoms in total. The van der Waals surface area contributed by atoms with E-state index in [0.29, 0.717) is 11.5 Å². The van der Waals surface area contributed by atoms with Gasteiger partial charge in [0.25, 0.3) is 0 Å². The largest absolute Gasteiger partial charge is 0.340 e. The van der Waals surface area contributed by atoms with Gasteiger partial charge in [0, 0.05) is 41.6 Å². The molecule has 5 heterocycles. The second-order valence-corrected chi connectivity index (χ2v) is 10.1. The molecule has 5 aromatic rings. The van der Waals surface area contributed by atoms with Gasteiger partial charge in [-0.25, -0.2) is 9.97 Å². The quantitative estimate of drug-likeness (QED) is 0.208. The van der Waals surface area contributed by atoms with E-state index in [4.69, 9.17) is 9.97 Å². The summed E-state index contributed by atoms with van der Waals surface area (Å²) >= 11 is 0. The predicted molar refractivity (Wildman–Crippen MR) is 163 cm³/mol. The molecule has 204 valence electrons. The van der Waals surface area contributed by atoms with Crippen LogP contribution in [0.5, 0.6) is 0 Å². The molecule has 0 amide bonds.